The zero-order valence-electron chi connectivity index (χ0n) is 5.71. The van der Waals surface area contributed by atoms with Gasteiger partial charge in [-0.15, -0.1) is 0 Å². The van der Waals surface area contributed by atoms with Crippen LogP contribution in [0.3, 0.4) is 0 Å². The van der Waals surface area contributed by atoms with E-state index in [1.54, 1.807) is 13.3 Å². The van der Waals surface area contributed by atoms with Crippen molar-refractivity contribution in [3.8, 4) is 0 Å². The number of hydrogen-bond donors (Lipinski definition) is 0. The summed E-state index contributed by atoms with van der Waals surface area (Å²) in [5, 5.41) is 0. The van der Waals surface area contributed by atoms with Crippen LogP contribution in [0.2, 0.25) is 0 Å². The van der Waals surface area contributed by atoms with E-state index in [4.69, 9.17) is 4.31 Å². The fourth-order valence-corrected chi connectivity index (χ4v) is 3.54. The Morgan fingerprint density at radius 2 is 1.75 bits per heavy atom. The average molecular weight is 154 g/mol. The van der Waals surface area contributed by atoms with Crippen LogP contribution in [-0.2, 0) is 8.88 Å². The van der Waals surface area contributed by atoms with Gasteiger partial charge in [-0.05, 0) is 13.3 Å². The van der Waals surface area contributed by atoms with Gasteiger partial charge in [0.05, 0.1) is 0 Å². The van der Waals surface area contributed by atoms with Crippen LogP contribution in [0.15, 0.2) is 0 Å². The molecule has 0 bridgehead atoms. The van der Waals surface area contributed by atoms with Crippen LogP contribution >= 0.6 is 15.5 Å². The third-order valence-electron chi connectivity index (χ3n) is 0.360. The largest absolute Gasteiger partial charge is 0.306 e. The minimum atomic E-state index is -2.19. The first kappa shape index (κ1) is 8.62. The first-order valence-corrected chi connectivity index (χ1v) is 7.01. The van der Waals surface area contributed by atoms with Crippen molar-refractivity contribution in [3.05, 3.63) is 0 Å². The van der Waals surface area contributed by atoms with Crippen LogP contribution in [0.25, 0.3) is 0 Å². The predicted molar refractivity (Wildman–Crippen MR) is 39.3 cm³/mol. The lowest BCUT2D eigenvalue weighted by molar-refractivity contribution is 0.517. The molecule has 0 rings (SSSR count). The lowest BCUT2D eigenvalue weighted by atomic mass is 11.9. The van der Waals surface area contributed by atoms with E-state index in [-0.39, 0.29) is 0 Å². The molecule has 0 aliphatic carbocycles. The lowest BCUT2D eigenvalue weighted by Gasteiger charge is -2.10. The van der Waals surface area contributed by atoms with Gasteiger partial charge in [-0.2, -0.15) is 0 Å². The molecule has 2 nitrogen and oxygen atoms in total. The molecule has 0 saturated carbocycles. The van der Waals surface area contributed by atoms with Crippen molar-refractivity contribution >= 4 is 15.5 Å². The molecular formula is C4H12O2P2. The molecule has 0 radical (unpaired) electrons. The molecule has 0 aliphatic rings. The van der Waals surface area contributed by atoms with Crippen molar-refractivity contribution in [2.75, 3.05) is 26.7 Å². The maximum absolute atomic E-state index is 10.8. The highest BCUT2D eigenvalue weighted by molar-refractivity contribution is 7.67. The second kappa shape index (κ2) is 2.96. The minimum absolute atomic E-state index is 0.452. The van der Waals surface area contributed by atoms with E-state index in [9.17, 15) is 4.57 Å². The third kappa shape index (κ3) is 6.62. The first-order valence-electron chi connectivity index (χ1n) is 2.34. The second-order valence-corrected chi connectivity index (χ2v) is 6.93. The smallest absolute Gasteiger partial charge is 0.200 e. The van der Waals surface area contributed by atoms with Gasteiger partial charge in [0.25, 0.3) is 0 Å². The summed E-state index contributed by atoms with van der Waals surface area (Å²) in [4.78, 5) is 0. The van der Waals surface area contributed by atoms with E-state index < -0.39 is 15.5 Å². The standard InChI is InChI=1S/C4H12O2P2/c1-7(2)6-8(3,4)5/h1-4H3. The van der Waals surface area contributed by atoms with E-state index in [1.807, 2.05) is 13.3 Å². The maximum atomic E-state index is 10.8. The van der Waals surface area contributed by atoms with Gasteiger partial charge in [0.1, 0.15) is 0 Å². The molecule has 0 atom stereocenters. The van der Waals surface area contributed by atoms with Gasteiger partial charge in [-0.1, -0.05) is 0 Å². The van der Waals surface area contributed by atoms with Crippen LogP contribution in [0.1, 0.15) is 0 Å². The summed E-state index contributed by atoms with van der Waals surface area (Å²) in [5.74, 6) is 0. The van der Waals surface area contributed by atoms with Crippen molar-refractivity contribution in [2.45, 2.75) is 0 Å². The van der Waals surface area contributed by atoms with Crippen molar-refractivity contribution in [3.63, 3.8) is 0 Å². The monoisotopic (exact) mass is 154 g/mol. The lowest BCUT2D eigenvalue weighted by Crippen LogP contribution is -1.76. The van der Waals surface area contributed by atoms with Crippen molar-refractivity contribution in [1.29, 1.82) is 0 Å². The Kier molecular flexibility index (Phi) is 3.19. The Bertz CT molecular complexity index is 105. The van der Waals surface area contributed by atoms with Crippen LogP contribution in [0.5, 0.6) is 0 Å². The van der Waals surface area contributed by atoms with Gasteiger partial charge >= 0.3 is 0 Å². The van der Waals surface area contributed by atoms with Gasteiger partial charge < -0.3 is 4.31 Å². The molecule has 0 heterocycles. The Morgan fingerprint density at radius 1 is 1.38 bits per heavy atom. The Morgan fingerprint density at radius 3 is 1.75 bits per heavy atom. The summed E-state index contributed by atoms with van der Waals surface area (Å²) >= 11 is 0. The summed E-state index contributed by atoms with van der Waals surface area (Å²) in [7, 11) is -2.64. The molecule has 4 heteroatoms. The molecule has 0 saturated heterocycles. The Hall–Kier alpha value is 0.620. The Balaban J connectivity index is 3.56. The summed E-state index contributed by atoms with van der Waals surface area (Å²) in [6.45, 7) is 7.15. The van der Waals surface area contributed by atoms with E-state index in [2.05, 4.69) is 0 Å². The highest BCUT2D eigenvalue weighted by atomic mass is 31.2. The molecule has 0 N–H and O–H groups in total. The van der Waals surface area contributed by atoms with E-state index >= 15 is 0 Å². The van der Waals surface area contributed by atoms with Crippen molar-refractivity contribution < 1.29 is 8.88 Å². The highest BCUT2D eigenvalue weighted by Gasteiger charge is 2.07. The summed E-state index contributed by atoms with van der Waals surface area (Å²) in [5.41, 5.74) is 0. The molecule has 0 aromatic rings. The quantitative estimate of drug-likeness (QED) is 0.570. The van der Waals surface area contributed by atoms with Gasteiger partial charge in [-0.25, -0.2) is 0 Å². The van der Waals surface area contributed by atoms with Crippen LogP contribution in [-0.4, -0.2) is 26.7 Å². The van der Waals surface area contributed by atoms with Gasteiger partial charge in [0, 0.05) is 21.5 Å². The molecule has 0 unspecified atom stereocenters. The molecule has 0 amide bonds. The van der Waals surface area contributed by atoms with Gasteiger partial charge in [0.15, 0.2) is 7.37 Å². The summed E-state index contributed by atoms with van der Waals surface area (Å²) in [6.07, 6.45) is 0. The summed E-state index contributed by atoms with van der Waals surface area (Å²) in [6, 6.07) is 0. The minimum Gasteiger partial charge on any atom is -0.306 e. The molecule has 0 aromatic heterocycles. The summed E-state index contributed by atoms with van der Waals surface area (Å²) < 4.78 is 15.9. The van der Waals surface area contributed by atoms with E-state index in [1.165, 1.54) is 0 Å². The first-order chi connectivity index (χ1) is 3.42. The van der Waals surface area contributed by atoms with E-state index in [0.717, 1.165) is 0 Å². The maximum Gasteiger partial charge on any atom is 0.200 e. The van der Waals surface area contributed by atoms with Crippen LogP contribution < -0.4 is 0 Å². The van der Waals surface area contributed by atoms with Crippen molar-refractivity contribution in [1.82, 2.24) is 0 Å². The molecular weight excluding hydrogens is 142 g/mol. The average Bonchev–Trinajstić information content (AvgIpc) is 1.21. The predicted octanol–water partition coefficient (Wildman–Crippen LogP) is 2.20. The second-order valence-electron chi connectivity index (χ2n) is 2.15. The van der Waals surface area contributed by atoms with E-state index in [0.29, 0.717) is 0 Å². The zero-order chi connectivity index (χ0) is 6.78. The highest BCUT2D eigenvalue weighted by Crippen LogP contribution is 2.50. The number of hydrogen-bond acceptors (Lipinski definition) is 2. The fraction of sp³-hybridized carbons (Fsp3) is 1.00. The fourth-order valence-electron chi connectivity index (χ4n) is 0.393. The molecule has 0 aliphatic heterocycles. The van der Waals surface area contributed by atoms with Gasteiger partial charge in [0.2, 0.25) is 0 Å². The molecule has 0 aromatic carbocycles. The van der Waals surface area contributed by atoms with Crippen molar-refractivity contribution in [2.24, 2.45) is 0 Å². The third-order valence-corrected chi connectivity index (χ3v) is 3.24. The molecule has 8 heavy (non-hydrogen) atoms. The topological polar surface area (TPSA) is 26.3 Å². The Labute approximate surface area is 51.9 Å². The zero-order valence-corrected chi connectivity index (χ0v) is 7.50. The van der Waals surface area contributed by atoms with Gasteiger partial charge in [-0.3, -0.25) is 4.57 Å². The molecule has 50 valence electrons. The van der Waals surface area contributed by atoms with Crippen LogP contribution in [0.4, 0.5) is 0 Å². The molecule has 0 spiro atoms. The van der Waals surface area contributed by atoms with Crippen LogP contribution in [0, 0.1) is 0 Å². The SMILES string of the molecule is CP(C)OP(C)(C)=O. The molecule has 0 fully saturated rings. The number of rotatable bonds is 2. The normalized spacial score (nSPS) is 12.6.